The van der Waals surface area contributed by atoms with Crippen molar-refractivity contribution in [3.05, 3.63) is 29.8 Å². The number of hydrogen-bond acceptors (Lipinski definition) is 1. The Hall–Kier alpha value is -0.680. The summed E-state index contributed by atoms with van der Waals surface area (Å²) in [5.74, 6) is 1.48. The molecular formula is C11H13F3OS. The van der Waals surface area contributed by atoms with Crippen molar-refractivity contribution in [1.82, 2.24) is 0 Å². The monoisotopic (exact) mass is 250 g/mol. The van der Waals surface area contributed by atoms with E-state index >= 15 is 0 Å². The summed E-state index contributed by atoms with van der Waals surface area (Å²) in [4.78, 5) is 0.480. The van der Waals surface area contributed by atoms with Gasteiger partial charge in [-0.25, -0.2) is 10.9 Å². The highest BCUT2D eigenvalue weighted by atomic mass is 32.2. The van der Waals surface area contributed by atoms with Crippen LogP contribution < -0.4 is 0 Å². The third-order valence-electron chi connectivity index (χ3n) is 2.56. The van der Waals surface area contributed by atoms with Crippen LogP contribution in [0.3, 0.4) is 0 Å². The summed E-state index contributed by atoms with van der Waals surface area (Å²) in [5.41, 5.74) is -0.469. The van der Waals surface area contributed by atoms with Gasteiger partial charge in [0.25, 0.3) is 0 Å². The van der Waals surface area contributed by atoms with Crippen LogP contribution in [0, 0.1) is 0 Å². The molecule has 0 aromatic heterocycles. The van der Waals surface area contributed by atoms with Crippen molar-refractivity contribution in [2.45, 2.75) is 11.1 Å². The number of halogens is 3. The molecule has 1 aromatic carbocycles. The number of hydrogen-bond donors (Lipinski definition) is 1. The van der Waals surface area contributed by atoms with Crippen LogP contribution in [0.5, 0.6) is 0 Å². The van der Waals surface area contributed by atoms with Crippen molar-refractivity contribution in [3.63, 3.8) is 0 Å². The van der Waals surface area contributed by atoms with Gasteiger partial charge in [0.05, 0.1) is 18.8 Å². The molecule has 0 N–H and O–H groups in total. The fourth-order valence-corrected chi connectivity index (χ4v) is 4.04. The molecule has 2 rings (SSSR count). The number of thiol groups is 1. The van der Waals surface area contributed by atoms with Crippen molar-refractivity contribution < 1.29 is 17.9 Å². The topological polar surface area (TPSA) is 9.23 Å². The van der Waals surface area contributed by atoms with E-state index in [4.69, 9.17) is 4.74 Å². The quantitative estimate of drug-likeness (QED) is 0.753. The van der Waals surface area contributed by atoms with Crippen molar-refractivity contribution in [3.8, 4) is 0 Å². The van der Waals surface area contributed by atoms with E-state index in [9.17, 15) is 13.2 Å². The molecule has 0 aliphatic carbocycles. The van der Waals surface area contributed by atoms with Crippen molar-refractivity contribution in [1.29, 1.82) is 0 Å². The highest BCUT2D eigenvalue weighted by Gasteiger charge is 2.34. The van der Waals surface area contributed by atoms with Gasteiger partial charge >= 0.3 is 6.18 Å². The number of rotatable bonds is 1. The molecule has 0 radical (unpaired) electrons. The average Bonchev–Trinajstić information content (AvgIpc) is 2.29. The van der Waals surface area contributed by atoms with Gasteiger partial charge in [0.15, 0.2) is 0 Å². The normalized spacial score (nSPS) is 19.8. The van der Waals surface area contributed by atoms with Crippen molar-refractivity contribution in [2.75, 3.05) is 24.7 Å². The average molecular weight is 250 g/mol. The largest absolute Gasteiger partial charge is 0.417 e. The first-order chi connectivity index (χ1) is 7.59. The fraction of sp³-hybridized carbons (Fsp3) is 0.455. The minimum Gasteiger partial charge on any atom is -0.380 e. The zero-order chi connectivity index (χ0) is 11.6. The molecule has 1 aromatic rings. The van der Waals surface area contributed by atoms with Gasteiger partial charge in [-0.1, -0.05) is 12.1 Å². The summed E-state index contributed by atoms with van der Waals surface area (Å²) in [7, 11) is -0.697. The Morgan fingerprint density at radius 2 is 1.69 bits per heavy atom. The molecule has 5 heteroatoms. The molecule has 1 saturated heterocycles. The molecule has 0 saturated carbocycles. The molecule has 16 heavy (non-hydrogen) atoms. The number of benzene rings is 1. The van der Waals surface area contributed by atoms with Gasteiger partial charge in [-0.3, -0.25) is 0 Å². The maximum Gasteiger partial charge on any atom is 0.417 e. The summed E-state index contributed by atoms with van der Waals surface area (Å²) >= 11 is 0. The zero-order valence-electron chi connectivity index (χ0n) is 8.63. The Kier molecular flexibility index (Phi) is 3.44. The lowest BCUT2D eigenvalue weighted by atomic mass is 10.2. The van der Waals surface area contributed by atoms with Gasteiger partial charge in [-0.2, -0.15) is 13.2 Å². The van der Waals surface area contributed by atoms with Crippen LogP contribution in [-0.4, -0.2) is 24.7 Å². The molecule has 0 bridgehead atoms. The third kappa shape index (κ3) is 2.52. The highest BCUT2D eigenvalue weighted by molar-refractivity contribution is 8.17. The summed E-state index contributed by atoms with van der Waals surface area (Å²) in [5, 5.41) is 0. The standard InChI is InChI=1S/C11H13F3OS/c12-11(13,14)9-3-1-2-4-10(9)16-7-5-15-6-8-16/h1-4,16H,5-8H2. The van der Waals surface area contributed by atoms with Crippen LogP contribution in [0.25, 0.3) is 0 Å². The Morgan fingerprint density at radius 3 is 2.31 bits per heavy atom. The molecule has 90 valence electrons. The summed E-state index contributed by atoms with van der Waals surface area (Å²) in [6.07, 6.45) is -4.24. The van der Waals surface area contributed by atoms with Crippen LogP contribution in [0.1, 0.15) is 5.56 Å². The van der Waals surface area contributed by atoms with Gasteiger partial charge in [-0.15, -0.1) is 0 Å². The van der Waals surface area contributed by atoms with E-state index in [2.05, 4.69) is 0 Å². The molecule has 1 fully saturated rings. The maximum atomic E-state index is 12.8. The highest BCUT2D eigenvalue weighted by Crippen LogP contribution is 2.45. The molecule has 0 spiro atoms. The smallest absolute Gasteiger partial charge is 0.380 e. The lowest BCUT2D eigenvalue weighted by Gasteiger charge is -2.28. The molecular weight excluding hydrogens is 237 g/mol. The Balaban J connectivity index is 2.32. The fourth-order valence-electron chi connectivity index (χ4n) is 1.79. The van der Waals surface area contributed by atoms with E-state index in [0.29, 0.717) is 18.1 Å². The van der Waals surface area contributed by atoms with Crippen LogP contribution in [0.2, 0.25) is 0 Å². The van der Waals surface area contributed by atoms with Crippen LogP contribution in [-0.2, 0) is 10.9 Å². The van der Waals surface area contributed by atoms with Crippen LogP contribution in [0.15, 0.2) is 29.2 Å². The second-order valence-electron chi connectivity index (χ2n) is 3.61. The van der Waals surface area contributed by atoms with Gasteiger partial charge in [0.2, 0.25) is 0 Å². The first kappa shape index (κ1) is 11.8. The minimum absolute atomic E-state index is 0.469. The Labute approximate surface area is 95.0 Å². The molecule has 0 unspecified atom stereocenters. The van der Waals surface area contributed by atoms with E-state index < -0.39 is 22.6 Å². The lowest BCUT2D eigenvalue weighted by Crippen LogP contribution is -2.17. The second kappa shape index (κ2) is 4.67. The molecule has 1 aliphatic heterocycles. The van der Waals surface area contributed by atoms with E-state index in [0.717, 1.165) is 11.5 Å². The predicted octanol–water partition coefficient (Wildman–Crippen LogP) is 3.10. The van der Waals surface area contributed by atoms with Gasteiger partial charge in [0, 0.05) is 11.5 Å². The van der Waals surface area contributed by atoms with Gasteiger partial charge in [-0.05, 0) is 17.0 Å². The minimum atomic E-state index is -4.24. The summed E-state index contributed by atoms with van der Waals surface area (Å²) in [6, 6.07) is 5.91. The Morgan fingerprint density at radius 1 is 1.06 bits per heavy atom. The summed E-state index contributed by atoms with van der Waals surface area (Å²) < 4.78 is 43.5. The molecule has 1 heterocycles. The van der Waals surface area contributed by atoms with E-state index in [1.165, 1.54) is 12.1 Å². The van der Waals surface area contributed by atoms with Gasteiger partial charge in [0.1, 0.15) is 0 Å². The second-order valence-corrected chi connectivity index (χ2v) is 6.07. The molecule has 1 nitrogen and oxygen atoms in total. The van der Waals surface area contributed by atoms with Gasteiger partial charge < -0.3 is 4.74 Å². The number of alkyl halides is 3. The number of ether oxygens (including phenoxy) is 1. The van der Waals surface area contributed by atoms with E-state index in [-0.39, 0.29) is 0 Å². The predicted molar refractivity (Wildman–Crippen MR) is 59.2 cm³/mol. The van der Waals surface area contributed by atoms with Crippen molar-refractivity contribution in [2.24, 2.45) is 0 Å². The summed E-state index contributed by atoms with van der Waals surface area (Å²) in [6.45, 7) is 1.16. The van der Waals surface area contributed by atoms with E-state index in [1.54, 1.807) is 12.1 Å². The zero-order valence-corrected chi connectivity index (χ0v) is 9.52. The Bertz CT molecular complexity index is 358. The van der Waals surface area contributed by atoms with E-state index in [1.807, 2.05) is 0 Å². The molecule has 1 aliphatic rings. The SMILES string of the molecule is FC(F)(F)c1ccccc1[SH]1CCOCC1. The molecule has 0 atom stereocenters. The van der Waals surface area contributed by atoms with Crippen molar-refractivity contribution >= 4 is 10.9 Å². The first-order valence-corrected chi connectivity index (χ1v) is 6.79. The lowest BCUT2D eigenvalue weighted by molar-refractivity contribution is -0.139. The van der Waals surface area contributed by atoms with Crippen LogP contribution >= 0.6 is 10.9 Å². The third-order valence-corrected chi connectivity index (χ3v) is 5.08. The molecule has 0 amide bonds. The maximum absolute atomic E-state index is 12.8. The van der Waals surface area contributed by atoms with Crippen LogP contribution in [0.4, 0.5) is 13.2 Å². The first-order valence-electron chi connectivity index (χ1n) is 5.08.